The Balaban J connectivity index is 1.78. The highest BCUT2D eigenvalue weighted by Gasteiger charge is 2.03. The first kappa shape index (κ1) is 15.3. The Morgan fingerprint density at radius 1 is 1.24 bits per heavy atom. The van der Waals surface area contributed by atoms with Gasteiger partial charge in [0.05, 0.1) is 11.2 Å². The quantitative estimate of drug-likeness (QED) is 0.731. The maximum atomic E-state index is 11.7. The summed E-state index contributed by atoms with van der Waals surface area (Å²) in [6.07, 6.45) is 3.05. The SMILES string of the molecule is COCCCNC(=O)CCNc1cccc2cccnc12. The number of amides is 1. The second-order valence-corrected chi connectivity index (χ2v) is 4.75. The smallest absolute Gasteiger partial charge is 0.221 e. The van der Waals surface area contributed by atoms with Crippen molar-refractivity contribution in [3.63, 3.8) is 0 Å². The van der Waals surface area contributed by atoms with E-state index in [0.29, 0.717) is 26.1 Å². The highest BCUT2D eigenvalue weighted by Crippen LogP contribution is 2.20. The molecule has 1 amide bonds. The van der Waals surface area contributed by atoms with Crippen molar-refractivity contribution in [1.29, 1.82) is 0 Å². The van der Waals surface area contributed by atoms with Gasteiger partial charge in [-0.3, -0.25) is 9.78 Å². The highest BCUT2D eigenvalue weighted by molar-refractivity contribution is 5.90. The van der Waals surface area contributed by atoms with Crippen LogP contribution in [0.5, 0.6) is 0 Å². The minimum absolute atomic E-state index is 0.0480. The normalized spacial score (nSPS) is 10.5. The number of pyridine rings is 1. The molecule has 0 radical (unpaired) electrons. The van der Waals surface area contributed by atoms with E-state index < -0.39 is 0 Å². The van der Waals surface area contributed by atoms with Crippen LogP contribution in [-0.2, 0) is 9.53 Å². The highest BCUT2D eigenvalue weighted by atomic mass is 16.5. The van der Waals surface area contributed by atoms with E-state index in [9.17, 15) is 4.79 Å². The van der Waals surface area contributed by atoms with Crippen LogP contribution in [0.3, 0.4) is 0 Å². The Hall–Kier alpha value is -2.14. The number of carbonyl (C=O) groups excluding carboxylic acids is 1. The van der Waals surface area contributed by atoms with Crippen molar-refractivity contribution in [3.8, 4) is 0 Å². The van der Waals surface area contributed by atoms with Crippen LogP contribution in [0, 0.1) is 0 Å². The number of fused-ring (bicyclic) bond motifs is 1. The number of carbonyl (C=O) groups is 1. The number of hydrogen-bond acceptors (Lipinski definition) is 4. The Kier molecular flexibility index (Phi) is 5.97. The molecule has 112 valence electrons. The molecule has 5 heteroatoms. The first-order chi connectivity index (χ1) is 10.3. The maximum Gasteiger partial charge on any atom is 0.221 e. The Morgan fingerprint density at radius 3 is 2.95 bits per heavy atom. The van der Waals surface area contributed by atoms with Gasteiger partial charge in [0, 0.05) is 44.8 Å². The number of rotatable bonds is 8. The molecule has 0 aliphatic heterocycles. The zero-order valence-electron chi connectivity index (χ0n) is 12.3. The molecule has 2 aromatic rings. The standard InChI is InChI=1S/C16H21N3O2/c1-21-12-4-10-18-15(20)8-11-17-14-7-2-5-13-6-3-9-19-16(13)14/h2-3,5-7,9,17H,4,8,10-12H2,1H3,(H,18,20). The molecule has 0 fully saturated rings. The predicted molar refractivity (Wildman–Crippen MR) is 84.4 cm³/mol. The topological polar surface area (TPSA) is 63.2 Å². The van der Waals surface area contributed by atoms with Crippen LogP contribution in [0.15, 0.2) is 36.5 Å². The van der Waals surface area contributed by atoms with Crippen molar-refractivity contribution in [1.82, 2.24) is 10.3 Å². The average Bonchev–Trinajstić information content (AvgIpc) is 2.52. The first-order valence-electron chi connectivity index (χ1n) is 7.14. The summed E-state index contributed by atoms with van der Waals surface area (Å²) in [5, 5.41) is 7.23. The van der Waals surface area contributed by atoms with Gasteiger partial charge in [-0.25, -0.2) is 0 Å². The second kappa shape index (κ2) is 8.21. The monoisotopic (exact) mass is 287 g/mol. The molecule has 0 aliphatic rings. The number of nitrogens with zero attached hydrogens (tertiary/aromatic N) is 1. The van der Waals surface area contributed by atoms with Gasteiger partial charge in [0.25, 0.3) is 0 Å². The van der Waals surface area contributed by atoms with Crippen molar-refractivity contribution < 1.29 is 9.53 Å². The summed E-state index contributed by atoms with van der Waals surface area (Å²) in [6, 6.07) is 9.93. The lowest BCUT2D eigenvalue weighted by atomic mass is 10.2. The van der Waals surface area contributed by atoms with E-state index in [-0.39, 0.29) is 5.91 Å². The van der Waals surface area contributed by atoms with Crippen molar-refractivity contribution in [2.45, 2.75) is 12.8 Å². The van der Waals surface area contributed by atoms with Crippen LogP contribution in [0.1, 0.15) is 12.8 Å². The summed E-state index contributed by atoms with van der Waals surface area (Å²) in [6.45, 7) is 1.91. The summed E-state index contributed by atoms with van der Waals surface area (Å²) in [5.41, 5.74) is 1.89. The molecular formula is C16H21N3O2. The van der Waals surface area contributed by atoms with Gasteiger partial charge < -0.3 is 15.4 Å². The van der Waals surface area contributed by atoms with E-state index in [0.717, 1.165) is 23.0 Å². The molecule has 1 aromatic heterocycles. The van der Waals surface area contributed by atoms with Crippen molar-refractivity contribution in [3.05, 3.63) is 36.5 Å². The molecule has 5 nitrogen and oxygen atoms in total. The Labute approximate surface area is 124 Å². The summed E-state index contributed by atoms with van der Waals surface area (Å²) in [4.78, 5) is 16.0. The Morgan fingerprint density at radius 2 is 2.10 bits per heavy atom. The molecule has 2 N–H and O–H groups in total. The number of ether oxygens (including phenoxy) is 1. The molecule has 0 saturated heterocycles. The fourth-order valence-electron chi connectivity index (χ4n) is 2.09. The minimum Gasteiger partial charge on any atom is -0.385 e. The number of hydrogen-bond donors (Lipinski definition) is 2. The molecule has 21 heavy (non-hydrogen) atoms. The number of anilines is 1. The molecule has 0 unspecified atom stereocenters. The van der Waals surface area contributed by atoms with Gasteiger partial charge in [-0.15, -0.1) is 0 Å². The molecule has 0 saturated carbocycles. The Bertz CT molecular complexity index is 581. The van der Waals surface area contributed by atoms with E-state index in [1.165, 1.54) is 0 Å². The summed E-state index contributed by atoms with van der Waals surface area (Å²) in [5.74, 6) is 0.0480. The van der Waals surface area contributed by atoms with Gasteiger partial charge >= 0.3 is 0 Å². The molecule has 1 aromatic carbocycles. The molecule has 0 aliphatic carbocycles. The average molecular weight is 287 g/mol. The largest absolute Gasteiger partial charge is 0.385 e. The van der Waals surface area contributed by atoms with Crippen molar-refractivity contribution in [2.24, 2.45) is 0 Å². The van der Waals surface area contributed by atoms with E-state index in [2.05, 4.69) is 15.6 Å². The third kappa shape index (κ3) is 4.72. The number of nitrogens with one attached hydrogen (secondary N) is 2. The molecule has 1 heterocycles. The van der Waals surface area contributed by atoms with E-state index >= 15 is 0 Å². The van der Waals surface area contributed by atoms with Crippen LogP contribution in [0.25, 0.3) is 10.9 Å². The van der Waals surface area contributed by atoms with Gasteiger partial charge in [0.1, 0.15) is 0 Å². The second-order valence-electron chi connectivity index (χ2n) is 4.75. The lowest BCUT2D eigenvalue weighted by molar-refractivity contribution is -0.120. The van der Waals surface area contributed by atoms with Crippen molar-refractivity contribution >= 4 is 22.5 Å². The van der Waals surface area contributed by atoms with Gasteiger partial charge in [-0.05, 0) is 18.6 Å². The van der Waals surface area contributed by atoms with Crippen LogP contribution < -0.4 is 10.6 Å². The van der Waals surface area contributed by atoms with Crippen LogP contribution in [0.4, 0.5) is 5.69 Å². The molecule has 0 spiro atoms. The van der Waals surface area contributed by atoms with Crippen LogP contribution in [0.2, 0.25) is 0 Å². The number of benzene rings is 1. The lowest BCUT2D eigenvalue weighted by Gasteiger charge is -2.09. The lowest BCUT2D eigenvalue weighted by Crippen LogP contribution is -2.26. The third-order valence-corrected chi connectivity index (χ3v) is 3.15. The fourth-order valence-corrected chi connectivity index (χ4v) is 2.09. The summed E-state index contributed by atoms with van der Waals surface area (Å²) < 4.78 is 4.93. The molecular weight excluding hydrogens is 266 g/mol. The number of para-hydroxylation sites is 1. The maximum absolute atomic E-state index is 11.7. The van der Waals surface area contributed by atoms with Gasteiger partial charge in [-0.2, -0.15) is 0 Å². The third-order valence-electron chi connectivity index (χ3n) is 3.15. The van der Waals surface area contributed by atoms with Gasteiger partial charge in [0.2, 0.25) is 5.91 Å². The number of aromatic nitrogens is 1. The summed E-state index contributed by atoms with van der Waals surface area (Å²) in [7, 11) is 1.66. The van der Waals surface area contributed by atoms with Gasteiger partial charge in [-0.1, -0.05) is 18.2 Å². The van der Waals surface area contributed by atoms with E-state index in [1.54, 1.807) is 13.3 Å². The molecule has 0 bridgehead atoms. The zero-order valence-corrected chi connectivity index (χ0v) is 12.3. The molecule has 2 rings (SSSR count). The fraction of sp³-hybridized carbons (Fsp3) is 0.375. The summed E-state index contributed by atoms with van der Waals surface area (Å²) >= 11 is 0. The predicted octanol–water partition coefficient (Wildman–Crippen LogP) is 2.19. The van der Waals surface area contributed by atoms with Gasteiger partial charge in [0.15, 0.2) is 0 Å². The number of methoxy groups -OCH3 is 1. The van der Waals surface area contributed by atoms with E-state index in [1.807, 2.05) is 30.3 Å². The van der Waals surface area contributed by atoms with Crippen molar-refractivity contribution in [2.75, 3.05) is 32.1 Å². The van der Waals surface area contributed by atoms with E-state index in [4.69, 9.17) is 4.74 Å². The first-order valence-corrected chi connectivity index (χ1v) is 7.14. The zero-order chi connectivity index (χ0) is 14.9. The molecule has 0 atom stereocenters. The minimum atomic E-state index is 0.0480. The van der Waals surface area contributed by atoms with Crippen LogP contribution in [-0.4, -0.2) is 37.7 Å². The van der Waals surface area contributed by atoms with Crippen LogP contribution >= 0.6 is 0 Å².